The van der Waals surface area contributed by atoms with Crippen molar-refractivity contribution in [2.45, 2.75) is 46.5 Å². The number of hydrogen-bond acceptors (Lipinski definition) is 6. The number of nitrogens with one attached hydrogen (secondary N) is 2. The number of anilines is 2. The van der Waals surface area contributed by atoms with Crippen molar-refractivity contribution in [3.8, 4) is 0 Å². The van der Waals surface area contributed by atoms with Gasteiger partial charge in [0.2, 0.25) is 17.8 Å². The van der Waals surface area contributed by atoms with E-state index in [-0.39, 0.29) is 0 Å². The summed E-state index contributed by atoms with van der Waals surface area (Å²) in [5.74, 6) is -0.407. The molecule has 8 heteroatoms. The molecule has 6 nitrogen and oxygen atoms in total. The molecule has 2 rings (SSSR count). The molecule has 1 atom stereocenters. The topological polar surface area (TPSA) is 66.0 Å². The molecule has 2 N–H and O–H groups in total. The van der Waals surface area contributed by atoms with E-state index < -0.39 is 5.92 Å². The number of nitrogens with zero attached hydrogens (tertiary/aromatic N) is 4. The van der Waals surface area contributed by atoms with Crippen LogP contribution in [-0.2, 0) is 0 Å². The summed E-state index contributed by atoms with van der Waals surface area (Å²) in [5, 5.41) is 6.67. The van der Waals surface area contributed by atoms with Crippen LogP contribution in [0.2, 0.25) is 0 Å². The van der Waals surface area contributed by atoms with Gasteiger partial charge in [0, 0.05) is 26.2 Å². The van der Waals surface area contributed by atoms with Crippen LogP contribution in [0.4, 0.5) is 20.7 Å². The van der Waals surface area contributed by atoms with E-state index in [0.717, 1.165) is 65.4 Å². The molecule has 1 unspecified atom stereocenters. The van der Waals surface area contributed by atoms with Gasteiger partial charge in [-0.25, -0.2) is 18.7 Å². The first-order valence-corrected chi connectivity index (χ1v) is 8.56. The maximum Gasteiger partial charge on any atom is 0.242 e. The van der Waals surface area contributed by atoms with E-state index in [2.05, 4.69) is 44.3 Å². The van der Waals surface area contributed by atoms with Crippen LogP contribution >= 0.6 is 0 Å². The lowest BCUT2D eigenvalue weighted by Crippen LogP contribution is -2.29. The van der Waals surface area contributed by atoms with E-state index in [1.54, 1.807) is 6.33 Å². The summed E-state index contributed by atoms with van der Waals surface area (Å²) in [5.41, 5.74) is 0. The average Bonchev–Trinajstić information content (AvgIpc) is 2.80. The molecule has 0 saturated carbocycles. The van der Waals surface area contributed by atoms with Crippen LogP contribution in [0.3, 0.4) is 0 Å². The molecule has 1 aromatic rings. The second-order valence-electron chi connectivity index (χ2n) is 6.42. The Labute approximate surface area is 143 Å². The third-order valence-corrected chi connectivity index (χ3v) is 3.49. The Morgan fingerprint density at radius 2 is 2.00 bits per heavy atom. The number of rotatable bonds is 5. The van der Waals surface area contributed by atoms with Gasteiger partial charge in [0.1, 0.15) is 6.33 Å². The molecular weight excluding hydrogens is 314 g/mol. The van der Waals surface area contributed by atoms with E-state index >= 15 is 0 Å². The molecule has 0 bridgehead atoms. The zero-order chi connectivity index (χ0) is 18.0. The second kappa shape index (κ2) is 10.3. The summed E-state index contributed by atoms with van der Waals surface area (Å²) in [6.45, 7) is 11.0. The Morgan fingerprint density at radius 1 is 1.29 bits per heavy atom. The van der Waals surface area contributed by atoms with E-state index in [1.807, 2.05) is 0 Å². The van der Waals surface area contributed by atoms with Gasteiger partial charge in [0.25, 0.3) is 0 Å². The minimum absolute atomic E-state index is 0.627. The summed E-state index contributed by atoms with van der Waals surface area (Å²) in [6, 6.07) is 0. The van der Waals surface area contributed by atoms with E-state index in [1.165, 1.54) is 0 Å². The SMILES string of the molecule is CC(C)(F)F.CCC(C)CNc1ncnc(N2CCCNCC2)n1. The molecule has 0 radical (unpaired) electrons. The quantitative estimate of drug-likeness (QED) is 0.856. The molecular formula is C16H30F2N6. The van der Waals surface area contributed by atoms with Crippen molar-refractivity contribution >= 4 is 11.9 Å². The predicted octanol–water partition coefficient (Wildman–Crippen LogP) is 2.79. The first-order valence-electron chi connectivity index (χ1n) is 8.56. The maximum absolute atomic E-state index is 11.0. The van der Waals surface area contributed by atoms with Gasteiger partial charge in [-0.2, -0.15) is 4.98 Å². The lowest BCUT2D eigenvalue weighted by molar-refractivity contribution is 0.0437. The Bertz CT molecular complexity index is 452. The van der Waals surface area contributed by atoms with Crippen LogP contribution in [0.5, 0.6) is 0 Å². The van der Waals surface area contributed by atoms with Crippen molar-refractivity contribution in [3.05, 3.63) is 6.33 Å². The summed E-state index contributed by atoms with van der Waals surface area (Å²) in [7, 11) is 0. The molecule has 1 aliphatic heterocycles. The average molecular weight is 344 g/mol. The van der Waals surface area contributed by atoms with Crippen molar-refractivity contribution < 1.29 is 8.78 Å². The normalized spacial score (nSPS) is 16.7. The molecule has 1 saturated heterocycles. The highest BCUT2D eigenvalue weighted by Gasteiger charge is 2.13. The van der Waals surface area contributed by atoms with Crippen LogP contribution in [0.1, 0.15) is 40.5 Å². The minimum atomic E-state index is -2.50. The molecule has 0 aliphatic carbocycles. The first-order chi connectivity index (χ1) is 11.3. The molecule has 1 aliphatic rings. The third-order valence-electron chi connectivity index (χ3n) is 3.49. The van der Waals surface area contributed by atoms with E-state index in [9.17, 15) is 8.78 Å². The fraction of sp³-hybridized carbons (Fsp3) is 0.812. The Kier molecular flexibility index (Phi) is 8.81. The monoisotopic (exact) mass is 344 g/mol. The van der Waals surface area contributed by atoms with Gasteiger partial charge in [0.05, 0.1) is 0 Å². The van der Waals surface area contributed by atoms with Crippen molar-refractivity contribution in [2.75, 3.05) is 42.9 Å². The molecule has 138 valence electrons. The van der Waals surface area contributed by atoms with E-state index in [4.69, 9.17) is 0 Å². The minimum Gasteiger partial charge on any atom is -0.354 e. The predicted molar refractivity (Wildman–Crippen MR) is 93.8 cm³/mol. The maximum atomic E-state index is 11.0. The van der Waals surface area contributed by atoms with Crippen molar-refractivity contribution in [1.29, 1.82) is 0 Å². The molecule has 1 fully saturated rings. The molecule has 24 heavy (non-hydrogen) atoms. The fourth-order valence-electron chi connectivity index (χ4n) is 1.98. The fourth-order valence-corrected chi connectivity index (χ4v) is 1.98. The van der Waals surface area contributed by atoms with Gasteiger partial charge in [-0.15, -0.1) is 0 Å². The lowest BCUT2D eigenvalue weighted by atomic mass is 10.1. The number of hydrogen-bond donors (Lipinski definition) is 2. The zero-order valence-corrected chi connectivity index (χ0v) is 15.1. The Balaban J connectivity index is 0.000000505. The van der Waals surface area contributed by atoms with Crippen LogP contribution < -0.4 is 15.5 Å². The van der Waals surface area contributed by atoms with E-state index in [0.29, 0.717) is 11.9 Å². The van der Waals surface area contributed by atoms with Crippen LogP contribution in [0.25, 0.3) is 0 Å². The standard InChI is InChI=1S/C13H24N6.C3H6F2/c1-3-11(2)9-15-12-16-10-17-13(18-12)19-7-4-5-14-6-8-19;1-3(2,4)5/h10-11,14H,3-9H2,1-2H3,(H,15,16,17,18);1-2H3. The van der Waals surface area contributed by atoms with Crippen LogP contribution in [-0.4, -0.2) is 53.6 Å². The second-order valence-corrected chi connectivity index (χ2v) is 6.42. The zero-order valence-electron chi connectivity index (χ0n) is 15.1. The summed E-state index contributed by atoms with van der Waals surface area (Å²) < 4.78 is 22.0. The van der Waals surface area contributed by atoms with Crippen LogP contribution in [0, 0.1) is 5.92 Å². The largest absolute Gasteiger partial charge is 0.354 e. The van der Waals surface area contributed by atoms with Gasteiger partial charge < -0.3 is 15.5 Å². The lowest BCUT2D eigenvalue weighted by Gasteiger charge is -2.20. The highest BCUT2D eigenvalue weighted by atomic mass is 19.3. The number of alkyl halides is 2. The molecule has 0 amide bonds. The molecule has 1 aromatic heterocycles. The van der Waals surface area contributed by atoms with Crippen LogP contribution in [0.15, 0.2) is 6.33 Å². The smallest absolute Gasteiger partial charge is 0.242 e. The molecule has 0 spiro atoms. The number of aromatic nitrogens is 3. The van der Waals surface area contributed by atoms with Gasteiger partial charge >= 0.3 is 0 Å². The molecule has 2 heterocycles. The summed E-state index contributed by atoms with van der Waals surface area (Å²) in [4.78, 5) is 15.2. The first kappa shape index (κ1) is 20.5. The Hall–Kier alpha value is -1.57. The Morgan fingerprint density at radius 3 is 2.67 bits per heavy atom. The highest BCUT2D eigenvalue weighted by Crippen LogP contribution is 2.11. The van der Waals surface area contributed by atoms with Crippen molar-refractivity contribution in [1.82, 2.24) is 20.3 Å². The van der Waals surface area contributed by atoms with Gasteiger partial charge in [0.15, 0.2) is 0 Å². The van der Waals surface area contributed by atoms with Gasteiger partial charge in [-0.05, 0) is 32.7 Å². The summed E-state index contributed by atoms with van der Waals surface area (Å²) >= 11 is 0. The number of halogens is 2. The van der Waals surface area contributed by atoms with Crippen molar-refractivity contribution in [3.63, 3.8) is 0 Å². The molecule has 0 aromatic carbocycles. The van der Waals surface area contributed by atoms with Gasteiger partial charge in [-0.3, -0.25) is 0 Å². The summed E-state index contributed by atoms with van der Waals surface area (Å²) in [6.07, 6.45) is 3.88. The van der Waals surface area contributed by atoms with Gasteiger partial charge in [-0.1, -0.05) is 20.3 Å². The highest BCUT2D eigenvalue weighted by molar-refractivity contribution is 5.35. The van der Waals surface area contributed by atoms with Crippen molar-refractivity contribution in [2.24, 2.45) is 5.92 Å². The third kappa shape index (κ3) is 9.54.